The molecule has 23 heavy (non-hydrogen) atoms. The summed E-state index contributed by atoms with van der Waals surface area (Å²) < 4.78 is 36.6. The van der Waals surface area contributed by atoms with Crippen LogP contribution in [0.25, 0.3) is 0 Å². The maximum absolute atomic E-state index is 11.0. The van der Waals surface area contributed by atoms with Gasteiger partial charge in [0, 0.05) is 6.07 Å². The van der Waals surface area contributed by atoms with Gasteiger partial charge in [0.15, 0.2) is 0 Å². The number of rotatable bonds is 13. The summed E-state index contributed by atoms with van der Waals surface area (Å²) in [6.07, 6.45) is 12.7. The van der Waals surface area contributed by atoms with E-state index in [-0.39, 0.29) is 4.90 Å². The van der Waals surface area contributed by atoms with Gasteiger partial charge in [-0.05, 0) is 18.6 Å². The van der Waals surface area contributed by atoms with Gasteiger partial charge in [0.25, 0.3) is 10.1 Å². The van der Waals surface area contributed by atoms with Crippen LogP contribution in [0.1, 0.15) is 71.1 Å². The largest absolute Gasteiger partial charge is 0.494 e. The zero-order chi connectivity index (χ0) is 17.0. The molecular formula is C18H30O4S. The van der Waals surface area contributed by atoms with Crippen LogP contribution in [0.2, 0.25) is 0 Å². The molecule has 0 unspecified atom stereocenters. The second-order valence-electron chi connectivity index (χ2n) is 5.98. The first-order valence-electron chi connectivity index (χ1n) is 8.74. The van der Waals surface area contributed by atoms with Gasteiger partial charge in [-0.3, -0.25) is 4.55 Å². The lowest BCUT2D eigenvalue weighted by molar-refractivity contribution is 0.303. The number of benzene rings is 1. The van der Waals surface area contributed by atoms with E-state index in [2.05, 4.69) is 6.92 Å². The van der Waals surface area contributed by atoms with Crippen molar-refractivity contribution in [1.82, 2.24) is 0 Å². The Bertz CT molecular complexity index is 526. The van der Waals surface area contributed by atoms with Gasteiger partial charge in [0.05, 0.1) is 11.5 Å². The minimum Gasteiger partial charge on any atom is -0.494 e. The van der Waals surface area contributed by atoms with E-state index in [1.807, 2.05) is 0 Å². The maximum atomic E-state index is 11.0. The van der Waals surface area contributed by atoms with Crippen LogP contribution in [0, 0.1) is 0 Å². The fourth-order valence-corrected chi connectivity index (χ4v) is 3.02. The molecule has 0 amide bonds. The Morgan fingerprint density at radius 2 is 1.48 bits per heavy atom. The summed E-state index contributed by atoms with van der Waals surface area (Å²) in [7, 11) is -4.16. The van der Waals surface area contributed by atoms with Crippen molar-refractivity contribution in [2.24, 2.45) is 0 Å². The molecule has 0 aliphatic heterocycles. The average molecular weight is 343 g/mol. The summed E-state index contributed by atoms with van der Waals surface area (Å²) in [4.78, 5) is -0.127. The van der Waals surface area contributed by atoms with Gasteiger partial charge in [0.1, 0.15) is 5.75 Å². The minimum absolute atomic E-state index is 0.127. The highest BCUT2D eigenvalue weighted by molar-refractivity contribution is 7.85. The summed E-state index contributed by atoms with van der Waals surface area (Å²) >= 11 is 0. The Hall–Kier alpha value is -1.07. The summed E-state index contributed by atoms with van der Waals surface area (Å²) in [5, 5.41) is 0. The summed E-state index contributed by atoms with van der Waals surface area (Å²) in [5.74, 6) is 0.482. The van der Waals surface area contributed by atoms with Crippen LogP contribution in [0.3, 0.4) is 0 Å². The highest BCUT2D eigenvalue weighted by Crippen LogP contribution is 2.18. The number of ether oxygens (including phenoxy) is 1. The highest BCUT2D eigenvalue weighted by Gasteiger charge is 2.09. The Labute approximate surface area is 141 Å². The molecule has 1 aromatic carbocycles. The monoisotopic (exact) mass is 342 g/mol. The molecule has 0 bridgehead atoms. The second kappa shape index (κ2) is 11.5. The Morgan fingerprint density at radius 1 is 0.913 bits per heavy atom. The first-order valence-corrected chi connectivity index (χ1v) is 10.2. The molecule has 0 radical (unpaired) electrons. The number of hydrogen-bond acceptors (Lipinski definition) is 3. The molecule has 0 saturated heterocycles. The third kappa shape index (κ3) is 9.61. The van der Waals surface area contributed by atoms with E-state index in [1.54, 1.807) is 12.1 Å². The number of hydrogen-bond donors (Lipinski definition) is 1. The third-order valence-corrected chi connectivity index (χ3v) is 4.72. The summed E-state index contributed by atoms with van der Waals surface area (Å²) in [5.41, 5.74) is 0. The molecule has 4 nitrogen and oxygen atoms in total. The van der Waals surface area contributed by atoms with Crippen molar-refractivity contribution in [3.8, 4) is 5.75 Å². The van der Waals surface area contributed by atoms with Crippen LogP contribution in [-0.4, -0.2) is 19.6 Å². The SMILES string of the molecule is CCCCCCCCCCCCOc1cccc(S(=O)(=O)O)c1. The molecule has 0 heterocycles. The van der Waals surface area contributed by atoms with Gasteiger partial charge in [0.2, 0.25) is 0 Å². The van der Waals surface area contributed by atoms with Crippen molar-refractivity contribution >= 4 is 10.1 Å². The normalized spacial score (nSPS) is 11.6. The smallest absolute Gasteiger partial charge is 0.294 e. The van der Waals surface area contributed by atoms with Crippen LogP contribution in [0.15, 0.2) is 29.2 Å². The van der Waals surface area contributed by atoms with Crippen molar-refractivity contribution in [1.29, 1.82) is 0 Å². The lowest BCUT2D eigenvalue weighted by Crippen LogP contribution is -2.01. The lowest BCUT2D eigenvalue weighted by Gasteiger charge is -2.07. The molecule has 132 valence electrons. The van der Waals surface area contributed by atoms with Crippen molar-refractivity contribution < 1.29 is 17.7 Å². The molecule has 0 atom stereocenters. The fraction of sp³-hybridized carbons (Fsp3) is 0.667. The van der Waals surface area contributed by atoms with Crippen LogP contribution in [0.4, 0.5) is 0 Å². The quantitative estimate of drug-likeness (QED) is 0.393. The molecule has 5 heteroatoms. The van der Waals surface area contributed by atoms with Crippen molar-refractivity contribution in [3.05, 3.63) is 24.3 Å². The zero-order valence-corrected chi connectivity index (χ0v) is 15.0. The Kier molecular flexibility index (Phi) is 9.96. The predicted molar refractivity (Wildman–Crippen MR) is 93.6 cm³/mol. The molecule has 1 rings (SSSR count). The lowest BCUT2D eigenvalue weighted by atomic mass is 10.1. The average Bonchev–Trinajstić information content (AvgIpc) is 2.52. The van der Waals surface area contributed by atoms with E-state index in [0.717, 1.165) is 12.8 Å². The van der Waals surface area contributed by atoms with Gasteiger partial charge < -0.3 is 4.74 Å². The standard InChI is InChI=1S/C18H30O4S/c1-2-3-4-5-6-7-8-9-10-11-15-22-17-13-12-14-18(16-17)23(19,20)21/h12-14,16H,2-11,15H2,1H3,(H,19,20,21). The van der Waals surface area contributed by atoms with Gasteiger partial charge in [-0.2, -0.15) is 8.42 Å². The van der Waals surface area contributed by atoms with Gasteiger partial charge in [-0.15, -0.1) is 0 Å². The van der Waals surface area contributed by atoms with E-state index in [4.69, 9.17) is 9.29 Å². The van der Waals surface area contributed by atoms with Gasteiger partial charge >= 0.3 is 0 Å². The van der Waals surface area contributed by atoms with E-state index in [1.165, 1.54) is 63.5 Å². The van der Waals surface area contributed by atoms with Crippen LogP contribution >= 0.6 is 0 Å². The first-order chi connectivity index (χ1) is 11.0. The van der Waals surface area contributed by atoms with Gasteiger partial charge in [-0.25, -0.2) is 0 Å². The number of unbranched alkanes of at least 4 members (excludes halogenated alkanes) is 9. The first kappa shape index (κ1) is 20.0. The minimum atomic E-state index is -4.16. The van der Waals surface area contributed by atoms with Crippen LogP contribution in [-0.2, 0) is 10.1 Å². The van der Waals surface area contributed by atoms with E-state index in [9.17, 15) is 8.42 Å². The molecule has 0 aromatic heterocycles. The Morgan fingerprint density at radius 3 is 2.04 bits per heavy atom. The van der Waals surface area contributed by atoms with Crippen molar-refractivity contribution in [2.75, 3.05) is 6.61 Å². The predicted octanol–water partition coefficient (Wildman–Crippen LogP) is 5.23. The molecule has 0 saturated carbocycles. The van der Waals surface area contributed by atoms with Crippen LogP contribution < -0.4 is 4.74 Å². The van der Waals surface area contributed by atoms with Crippen molar-refractivity contribution in [3.63, 3.8) is 0 Å². The second-order valence-corrected chi connectivity index (χ2v) is 7.40. The summed E-state index contributed by atoms with van der Waals surface area (Å²) in [6.45, 7) is 2.81. The molecular weight excluding hydrogens is 312 g/mol. The molecule has 0 fully saturated rings. The fourth-order valence-electron chi connectivity index (χ4n) is 2.50. The molecule has 0 aliphatic carbocycles. The van der Waals surface area contributed by atoms with Crippen molar-refractivity contribution in [2.45, 2.75) is 76.0 Å². The third-order valence-electron chi connectivity index (χ3n) is 3.87. The van der Waals surface area contributed by atoms with Crippen LogP contribution in [0.5, 0.6) is 5.75 Å². The highest BCUT2D eigenvalue weighted by atomic mass is 32.2. The topological polar surface area (TPSA) is 63.6 Å². The molecule has 0 spiro atoms. The summed E-state index contributed by atoms with van der Waals surface area (Å²) in [6, 6.07) is 5.97. The van der Waals surface area contributed by atoms with Gasteiger partial charge in [-0.1, -0.05) is 70.8 Å². The Balaban J connectivity index is 2.05. The zero-order valence-electron chi connectivity index (χ0n) is 14.2. The molecule has 1 N–H and O–H groups in total. The van der Waals surface area contributed by atoms with E-state index >= 15 is 0 Å². The van der Waals surface area contributed by atoms with E-state index < -0.39 is 10.1 Å². The molecule has 0 aliphatic rings. The molecule has 1 aromatic rings. The van der Waals surface area contributed by atoms with E-state index in [0.29, 0.717) is 12.4 Å². The maximum Gasteiger partial charge on any atom is 0.294 e.